The third-order valence-electron chi connectivity index (χ3n) is 6.39. The molecule has 0 saturated carbocycles. The Morgan fingerprint density at radius 1 is 1.00 bits per heavy atom. The summed E-state index contributed by atoms with van der Waals surface area (Å²) in [7, 11) is 1.75. The molecule has 6 nitrogen and oxygen atoms in total. The van der Waals surface area contributed by atoms with Gasteiger partial charge in [0, 0.05) is 30.7 Å². The lowest BCUT2D eigenvalue weighted by Gasteiger charge is -2.18. The van der Waals surface area contributed by atoms with E-state index >= 15 is 0 Å². The van der Waals surface area contributed by atoms with Crippen molar-refractivity contribution < 1.29 is 9.53 Å². The molecule has 202 valence electrons. The highest BCUT2D eigenvalue weighted by Crippen LogP contribution is 2.32. The van der Waals surface area contributed by atoms with Crippen LogP contribution in [0.2, 0.25) is 0 Å². The Hall–Kier alpha value is -3.80. The van der Waals surface area contributed by atoms with Gasteiger partial charge < -0.3 is 19.9 Å². The Labute approximate surface area is 226 Å². The zero-order valence-electron chi connectivity index (χ0n) is 23.2. The molecular formula is C32H41N3O3. The second kappa shape index (κ2) is 14.8. The van der Waals surface area contributed by atoms with Crippen molar-refractivity contribution in [3.63, 3.8) is 0 Å². The molecular weight excluding hydrogens is 474 g/mol. The van der Waals surface area contributed by atoms with Crippen LogP contribution >= 0.6 is 0 Å². The van der Waals surface area contributed by atoms with Crippen LogP contribution in [-0.4, -0.2) is 23.6 Å². The van der Waals surface area contributed by atoms with Crippen LogP contribution in [0.1, 0.15) is 64.9 Å². The van der Waals surface area contributed by atoms with Crippen LogP contribution in [0.25, 0.3) is 17.0 Å². The molecule has 0 saturated heterocycles. The van der Waals surface area contributed by atoms with E-state index < -0.39 is 0 Å². The summed E-state index contributed by atoms with van der Waals surface area (Å²) in [5, 5.41) is 7.08. The maximum absolute atomic E-state index is 13.4. The van der Waals surface area contributed by atoms with E-state index in [1.165, 1.54) is 31.8 Å². The number of benzene rings is 2. The zero-order chi connectivity index (χ0) is 27.3. The number of hydrogen-bond donors (Lipinski definition) is 2. The topological polar surface area (TPSA) is 72.4 Å². The summed E-state index contributed by atoms with van der Waals surface area (Å²) in [4.78, 5) is 25.9. The first-order valence-electron chi connectivity index (χ1n) is 13.6. The predicted octanol–water partition coefficient (Wildman–Crippen LogP) is 7.31. The molecule has 3 aromatic rings. The predicted molar refractivity (Wildman–Crippen MR) is 160 cm³/mol. The van der Waals surface area contributed by atoms with Gasteiger partial charge in [-0.15, -0.1) is 0 Å². The fourth-order valence-electron chi connectivity index (χ4n) is 4.22. The van der Waals surface area contributed by atoms with Crippen molar-refractivity contribution in [1.29, 1.82) is 0 Å². The Balaban J connectivity index is 1.84. The van der Waals surface area contributed by atoms with Gasteiger partial charge in [0.1, 0.15) is 12.3 Å². The number of hydrogen-bond acceptors (Lipinski definition) is 4. The van der Waals surface area contributed by atoms with E-state index in [1.54, 1.807) is 17.7 Å². The van der Waals surface area contributed by atoms with E-state index in [1.807, 2.05) is 68.5 Å². The van der Waals surface area contributed by atoms with Crippen LogP contribution in [0.5, 0.6) is 5.75 Å². The van der Waals surface area contributed by atoms with Gasteiger partial charge in [-0.2, -0.15) is 0 Å². The Morgan fingerprint density at radius 3 is 2.47 bits per heavy atom. The first-order chi connectivity index (χ1) is 18.4. The van der Waals surface area contributed by atoms with Crippen LogP contribution in [0, 0.1) is 0 Å². The average molecular weight is 516 g/mol. The lowest BCUT2D eigenvalue weighted by Crippen LogP contribution is -2.23. The van der Waals surface area contributed by atoms with Crippen LogP contribution in [-0.2, 0) is 11.8 Å². The highest BCUT2D eigenvalue weighted by Gasteiger charge is 2.17. The van der Waals surface area contributed by atoms with Crippen molar-refractivity contribution in [3.8, 4) is 5.75 Å². The third-order valence-corrected chi connectivity index (χ3v) is 6.39. The smallest absolute Gasteiger partial charge is 0.277 e. The standard InChI is InChI=1S/C32H41N3O3/c1-5-6-7-8-9-13-21-33-30-31(38-22-20-24(2)3)27-18-17-26(23-28(27)35(4)32(30)37)34-29(36)19-16-25-14-11-10-12-15-25/h10-12,14-20,23,33H,5-9,13,21-22H2,1-4H3,(H,34,36). The molecule has 2 aromatic carbocycles. The molecule has 1 heterocycles. The number of fused-ring (bicyclic) bond motifs is 1. The second-order valence-electron chi connectivity index (χ2n) is 9.82. The summed E-state index contributed by atoms with van der Waals surface area (Å²) >= 11 is 0. The summed E-state index contributed by atoms with van der Waals surface area (Å²) in [6.07, 6.45) is 12.4. The molecule has 0 aliphatic carbocycles. The van der Waals surface area contributed by atoms with Crippen molar-refractivity contribution in [2.45, 2.75) is 59.3 Å². The maximum atomic E-state index is 13.4. The molecule has 0 atom stereocenters. The number of allylic oxidation sites excluding steroid dienone is 1. The monoisotopic (exact) mass is 515 g/mol. The number of aromatic nitrogens is 1. The Bertz CT molecular complexity index is 1320. The summed E-state index contributed by atoms with van der Waals surface area (Å²) in [5.74, 6) is 0.309. The normalized spacial score (nSPS) is 11.1. The van der Waals surface area contributed by atoms with Gasteiger partial charge in [-0.1, -0.05) is 74.9 Å². The van der Waals surface area contributed by atoms with Gasteiger partial charge in [0.15, 0.2) is 5.75 Å². The number of carbonyl (C=O) groups excluding carboxylic acids is 1. The van der Waals surface area contributed by atoms with Crippen LogP contribution in [0.3, 0.4) is 0 Å². The molecule has 6 heteroatoms. The lowest BCUT2D eigenvalue weighted by atomic mass is 10.1. The number of anilines is 2. The summed E-state index contributed by atoms with van der Waals surface area (Å²) in [5.41, 5.74) is 3.73. The molecule has 0 aliphatic heterocycles. The Kier molecular flexibility index (Phi) is 11.2. The molecule has 1 aromatic heterocycles. The summed E-state index contributed by atoms with van der Waals surface area (Å²) in [6, 6.07) is 15.2. The van der Waals surface area contributed by atoms with E-state index in [4.69, 9.17) is 4.74 Å². The number of nitrogens with zero attached hydrogens (tertiary/aromatic N) is 1. The number of aryl methyl sites for hydroxylation is 1. The first kappa shape index (κ1) is 28.8. The van der Waals surface area contributed by atoms with Crippen molar-refractivity contribution in [2.24, 2.45) is 7.05 Å². The zero-order valence-corrected chi connectivity index (χ0v) is 23.2. The van der Waals surface area contributed by atoms with Crippen LogP contribution < -0.4 is 20.9 Å². The number of rotatable bonds is 14. The van der Waals surface area contributed by atoms with Crippen LogP contribution in [0.4, 0.5) is 11.4 Å². The van der Waals surface area contributed by atoms with Crippen molar-refractivity contribution in [1.82, 2.24) is 4.57 Å². The third kappa shape index (κ3) is 8.37. The quantitative estimate of drug-likeness (QED) is 0.134. The van der Waals surface area contributed by atoms with Gasteiger partial charge in [0.25, 0.3) is 5.56 Å². The largest absolute Gasteiger partial charge is 0.486 e. The van der Waals surface area contributed by atoms with E-state index in [0.29, 0.717) is 35.8 Å². The van der Waals surface area contributed by atoms with Gasteiger partial charge in [-0.3, -0.25) is 9.59 Å². The highest BCUT2D eigenvalue weighted by molar-refractivity contribution is 6.03. The lowest BCUT2D eigenvalue weighted by molar-refractivity contribution is -0.111. The number of carbonyl (C=O) groups is 1. The number of amides is 1. The SMILES string of the molecule is CCCCCCCCNc1c(OCC=C(C)C)c2ccc(NC(=O)C=Cc3ccccc3)cc2n(C)c1=O. The molecule has 38 heavy (non-hydrogen) atoms. The number of ether oxygens (including phenoxy) is 1. The number of pyridine rings is 1. The molecule has 0 spiro atoms. The van der Waals surface area contributed by atoms with E-state index in [-0.39, 0.29) is 11.5 Å². The molecule has 2 N–H and O–H groups in total. The van der Waals surface area contributed by atoms with Crippen molar-refractivity contribution in [2.75, 3.05) is 23.8 Å². The molecule has 0 bridgehead atoms. The minimum absolute atomic E-state index is 0.150. The number of unbranched alkanes of at least 4 members (excludes halogenated alkanes) is 5. The van der Waals surface area contributed by atoms with E-state index in [2.05, 4.69) is 17.6 Å². The fraction of sp³-hybridized carbons (Fsp3) is 0.375. The van der Waals surface area contributed by atoms with Crippen LogP contribution in [0.15, 0.2) is 71.1 Å². The number of nitrogens with one attached hydrogen (secondary N) is 2. The van der Waals surface area contributed by atoms with Gasteiger partial charge in [0.05, 0.1) is 5.52 Å². The maximum Gasteiger partial charge on any atom is 0.277 e. The van der Waals surface area contributed by atoms with Gasteiger partial charge in [0.2, 0.25) is 5.91 Å². The molecule has 0 unspecified atom stereocenters. The minimum Gasteiger partial charge on any atom is -0.486 e. The van der Waals surface area contributed by atoms with Gasteiger partial charge in [-0.25, -0.2) is 0 Å². The molecule has 0 radical (unpaired) electrons. The first-order valence-corrected chi connectivity index (χ1v) is 13.6. The molecule has 3 rings (SSSR count). The highest BCUT2D eigenvalue weighted by atomic mass is 16.5. The summed E-state index contributed by atoms with van der Waals surface area (Å²) in [6.45, 7) is 7.34. The second-order valence-corrected chi connectivity index (χ2v) is 9.82. The Morgan fingerprint density at radius 2 is 1.74 bits per heavy atom. The fourth-order valence-corrected chi connectivity index (χ4v) is 4.22. The van der Waals surface area contributed by atoms with Gasteiger partial charge in [-0.05, 0) is 56.2 Å². The average Bonchev–Trinajstić information content (AvgIpc) is 2.91. The molecule has 1 amide bonds. The minimum atomic E-state index is -0.240. The summed E-state index contributed by atoms with van der Waals surface area (Å²) < 4.78 is 7.78. The van der Waals surface area contributed by atoms with Crippen molar-refractivity contribution in [3.05, 3.63) is 82.2 Å². The molecule has 0 fully saturated rings. The van der Waals surface area contributed by atoms with E-state index in [0.717, 1.165) is 29.4 Å². The van der Waals surface area contributed by atoms with Gasteiger partial charge >= 0.3 is 0 Å². The van der Waals surface area contributed by atoms with E-state index in [9.17, 15) is 9.59 Å². The molecule has 0 aliphatic rings. The van der Waals surface area contributed by atoms with Crippen molar-refractivity contribution >= 4 is 34.3 Å².